The maximum Gasteiger partial charge on any atom is 0.244 e. The van der Waals surface area contributed by atoms with E-state index in [1.807, 2.05) is 61.9 Å². The lowest BCUT2D eigenvalue weighted by Gasteiger charge is -2.40. The molecule has 6 rings (SSSR count). The molecule has 1 aliphatic carbocycles. The van der Waals surface area contributed by atoms with Crippen molar-refractivity contribution < 1.29 is 13.6 Å². The predicted octanol–water partition coefficient (Wildman–Crippen LogP) is 5.29. The number of amides is 1. The van der Waals surface area contributed by atoms with Gasteiger partial charge in [0.1, 0.15) is 23.3 Å². The molecule has 3 aromatic heterocycles. The molecule has 0 spiro atoms. The summed E-state index contributed by atoms with van der Waals surface area (Å²) in [6.45, 7) is 0.838. The second-order valence-corrected chi connectivity index (χ2v) is 12.2. The van der Waals surface area contributed by atoms with Crippen LogP contribution < -0.4 is 10.2 Å². The van der Waals surface area contributed by atoms with Gasteiger partial charge < -0.3 is 10.2 Å². The van der Waals surface area contributed by atoms with Crippen LogP contribution in [0, 0.1) is 29.1 Å². The van der Waals surface area contributed by atoms with Gasteiger partial charge in [0, 0.05) is 56.6 Å². The second-order valence-electron chi connectivity index (χ2n) is 12.2. The van der Waals surface area contributed by atoms with Crippen LogP contribution in [0.3, 0.4) is 0 Å². The summed E-state index contributed by atoms with van der Waals surface area (Å²) in [7, 11) is 1.87. The lowest BCUT2D eigenvalue weighted by Crippen LogP contribution is -2.50. The minimum Gasteiger partial charge on any atom is -0.354 e. The molecule has 9 nitrogen and oxygen atoms in total. The zero-order valence-electron chi connectivity index (χ0n) is 25.2. The number of nitrogens with zero attached hydrogens (tertiary/aromatic N) is 7. The number of alkyl halides is 2. The number of pyridine rings is 1. The molecule has 4 aromatic rings. The van der Waals surface area contributed by atoms with E-state index in [2.05, 4.69) is 26.5 Å². The number of rotatable bonds is 10. The third-order valence-corrected chi connectivity index (χ3v) is 9.07. The number of hydrogen-bond acceptors (Lipinski definition) is 7. The van der Waals surface area contributed by atoms with Gasteiger partial charge in [0.05, 0.1) is 29.9 Å². The summed E-state index contributed by atoms with van der Waals surface area (Å²) < 4.78 is 27.8. The van der Waals surface area contributed by atoms with E-state index in [0.29, 0.717) is 36.1 Å². The van der Waals surface area contributed by atoms with E-state index in [9.17, 15) is 18.8 Å². The van der Waals surface area contributed by atoms with Crippen LogP contribution in [0.25, 0.3) is 11.1 Å². The van der Waals surface area contributed by atoms with Gasteiger partial charge in [-0.25, -0.2) is 18.7 Å². The standard InChI is InChI=1S/C34H36F2N8O/c1-43-19-27(18-41-43)25-11-12-29(38-16-25)31(34(45)40-15-23-5-3-2-4-6-23)24-9-7-22(8-10-24)13-30-39-17-26(14-37)33(42-30)44-20-28(21-44)32(35)36/h2-6,11-12,16-19,22,24,28,31-32H,7-10,13,15,20-21H2,1H3,(H,40,45). The maximum atomic E-state index is 13.7. The molecule has 1 amide bonds. The van der Waals surface area contributed by atoms with Gasteiger partial charge in [0.2, 0.25) is 12.3 Å². The molecule has 1 unspecified atom stereocenters. The minimum absolute atomic E-state index is 0.0272. The Morgan fingerprint density at radius 3 is 2.42 bits per heavy atom. The molecule has 1 N–H and O–H groups in total. The highest BCUT2D eigenvalue weighted by atomic mass is 19.3. The van der Waals surface area contributed by atoms with Crippen LogP contribution in [0.15, 0.2) is 67.3 Å². The third-order valence-electron chi connectivity index (χ3n) is 9.07. The number of hydrogen-bond donors (Lipinski definition) is 1. The van der Waals surface area contributed by atoms with Gasteiger partial charge in [0.15, 0.2) is 0 Å². The summed E-state index contributed by atoms with van der Waals surface area (Å²) >= 11 is 0. The number of nitriles is 1. The molecule has 0 radical (unpaired) electrons. The zero-order chi connectivity index (χ0) is 31.3. The number of aromatic nitrogens is 5. The molecule has 232 valence electrons. The van der Waals surface area contributed by atoms with Crippen molar-refractivity contribution in [3.63, 3.8) is 0 Å². The highest BCUT2D eigenvalue weighted by Gasteiger charge is 2.37. The van der Waals surface area contributed by atoms with E-state index >= 15 is 0 Å². The highest BCUT2D eigenvalue weighted by molar-refractivity contribution is 5.83. The molecule has 2 aliphatic rings. The quantitative estimate of drug-likeness (QED) is 0.260. The van der Waals surface area contributed by atoms with Crippen LogP contribution in [-0.4, -0.2) is 50.2 Å². The van der Waals surface area contributed by atoms with Crippen molar-refractivity contribution in [1.29, 1.82) is 5.26 Å². The number of halogens is 2. The van der Waals surface area contributed by atoms with Gasteiger partial charge in [-0.15, -0.1) is 0 Å². The molecule has 11 heteroatoms. The molecule has 1 saturated heterocycles. The van der Waals surface area contributed by atoms with E-state index in [-0.39, 0.29) is 30.8 Å². The van der Waals surface area contributed by atoms with Gasteiger partial charge in [-0.05, 0) is 49.1 Å². The Labute approximate surface area is 261 Å². The normalized spacial score (nSPS) is 19.1. The van der Waals surface area contributed by atoms with E-state index in [4.69, 9.17) is 4.98 Å². The molecule has 1 aromatic carbocycles. The molecule has 1 aliphatic heterocycles. The first kappa shape index (κ1) is 30.3. The first-order chi connectivity index (χ1) is 21.9. The van der Waals surface area contributed by atoms with Crippen molar-refractivity contribution in [2.24, 2.45) is 24.8 Å². The van der Waals surface area contributed by atoms with Gasteiger partial charge in [-0.2, -0.15) is 10.4 Å². The van der Waals surface area contributed by atoms with Crippen molar-refractivity contribution in [3.05, 3.63) is 89.9 Å². The van der Waals surface area contributed by atoms with Crippen LogP contribution >= 0.6 is 0 Å². The average molecular weight is 611 g/mol. The molecular weight excluding hydrogens is 574 g/mol. The second kappa shape index (κ2) is 13.5. The van der Waals surface area contributed by atoms with E-state index in [1.54, 1.807) is 15.8 Å². The van der Waals surface area contributed by atoms with Crippen molar-refractivity contribution in [2.75, 3.05) is 18.0 Å². The monoisotopic (exact) mass is 610 g/mol. The number of anilines is 1. The lowest BCUT2D eigenvalue weighted by molar-refractivity contribution is -0.124. The number of aryl methyl sites for hydroxylation is 1. The molecule has 4 heterocycles. The van der Waals surface area contributed by atoms with Crippen molar-refractivity contribution >= 4 is 11.7 Å². The Morgan fingerprint density at radius 1 is 1.00 bits per heavy atom. The fourth-order valence-corrected chi connectivity index (χ4v) is 6.47. The summed E-state index contributed by atoms with van der Waals surface area (Å²) in [6, 6.07) is 15.9. The fraction of sp³-hybridized carbons (Fsp3) is 0.412. The van der Waals surface area contributed by atoms with Gasteiger partial charge in [0.25, 0.3) is 0 Å². The molecule has 1 saturated carbocycles. The Hall–Kier alpha value is -4.72. The van der Waals surface area contributed by atoms with Gasteiger partial charge >= 0.3 is 0 Å². The Kier molecular flexibility index (Phi) is 9.10. The summed E-state index contributed by atoms with van der Waals surface area (Å²) in [6.07, 6.45) is 8.83. The first-order valence-electron chi connectivity index (χ1n) is 15.4. The van der Waals surface area contributed by atoms with Crippen molar-refractivity contribution in [1.82, 2.24) is 30.0 Å². The minimum atomic E-state index is -2.37. The summed E-state index contributed by atoms with van der Waals surface area (Å²) in [5.41, 5.74) is 4.02. The predicted molar refractivity (Wildman–Crippen MR) is 165 cm³/mol. The Morgan fingerprint density at radius 2 is 1.78 bits per heavy atom. The number of carbonyl (C=O) groups excluding carboxylic acids is 1. The van der Waals surface area contributed by atoms with Gasteiger partial charge in [-0.3, -0.25) is 14.5 Å². The van der Waals surface area contributed by atoms with Crippen LogP contribution in [-0.2, 0) is 24.8 Å². The fourth-order valence-electron chi connectivity index (χ4n) is 6.47. The average Bonchev–Trinajstić information content (AvgIpc) is 3.47. The summed E-state index contributed by atoms with van der Waals surface area (Å²) in [5, 5.41) is 16.9. The molecule has 1 atom stereocenters. The van der Waals surface area contributed by atoms with Crippen LogP contribution in [0.1, 0.15) is 54.2 Å². The van der Waals surface area contributed by atoms with Crippen molar-refractivity contribution in [3.8, 4) is 17.2 Å². The SMILES string of the molecule is Cn1cc(-c2ccc(C(C(=O)NCc3ccccc3)C3CCC(Cc4ncc(C#N)c(N5CC(C(F)F)C5)n4)CC3)nc2)cn1. The molecular formula is C34H36F2N8O. The maximum absolute atomic E-state index is 13.7. The summed E-state index contributed by atoms with van der Waals surface area (Å²) in [5.74, 6) is 0.413. The van der Waals surface area contributed by atoms with E-state index < -0.39 is 12.3 Å². The first-order valence-corrected chi connectivity index (χ1v) is 15.4. The Bertz CT molecular complexity index is 1640. The highest BCUT2D eigenvalue weighted by Crippen LogP contribution is 2.39. The van der Waals surface area contributed by atoms with E-state index in [0.717, 1.165) is 48.1 Å². The largest absolute Gasteiger partial charge is 0.354 e. The molecule has 2 fully saturated rings. The third kappa shape index (κ3) is 7.00. The summed E-state index contributed by atoms with van der Waals surface area (Å²) in [4.78, 5) is 29.3. The van der Waals surface area contributed by atoms with E-state index in [1.165, 1.54) is 6.20 Å². The number of carbonyl (C=O) groups is 1. The van der Waals surface area contributed by atoms with Crippen LogP contribution in [0.5, 0.6) is 0 Å². The Balaban J connectivity index is 1.14. The van der Waals surface area contributed by atoms with Crippen molar-refractivity contribution in [2.45, 2.75) is 51.0 Å². The van der Waals surface area contributed by atoms with Crippen LogP contribution in [0.4, 0.5) is 14.6 Å². The van der Waals surface area contributed by atoms with Gasteiger partial charge in [-0.1, -0.05) is 36.4 Å². The molecule has 0 bridgehead atoms. The smallest absolute Gasteiger partial charge is 0.244 e. The number of nitrogens with one attached hydrogen (secondary N) is 1. The topological polar surface area (TPSA) is 113 Å². The van der Waals surface area contributed by atoms with Crippen LogP contribution in [0.2, 0.25) is 0 Å². The lowest BCUT2D eigenvalue weighted by atomic mass is 9.73. The molecule has 45 heavy (non-hydrogen) atoms. The zero-order valence-corrected chi connectivity index (χ0v) is 25.2. The number of benzene rings is 1.